The van der Waals surface area contributed by atoms with E-state index in [9.17, 15) is 0 Å². The van der Waals surface area contributed by atoms with E-state index in [0.717, 1.165) is 30.8 Å². The molecule has 0 aliphatic rings. The number of anilines is 1. The Morgan fingerprint density at radius 3 is 3.00 bits per heavy atom. The fraction of sp³-hybridized carbons (Fsp3) is 0.500. The van der Waals surface area contributed by atoms with Gasteiger partial charge >= 0.3 is 0 Å². The van der Waals surface area contributed by atoms with Gasteiger partial charge in [-0.25, -0.2) is 9.97 Å². The lowest BCUT2D eigenvalue weighted by Gasteiger charge is -2.12. The zero-order valence-corrected chi connectivity index (χ0v) is 9.53. The Bertz CT molecular complexity index is 309. The smallest absolute Gasteiger partial charge is 0.129 e. The lowest BCUT2D eigenvalue weighted by molar-refractivity contribution is 0.801. The van der Waals surface area contributed by atoms with Crippen LogP contribution in [0.25, 0.3) is 0 Å². The van der Waals surface area contributed by atoms with Gasteiger partial charge in [0.1, 0.15) is 12.1 Å². The minimum atomic E-state index is 0.367. The zero-order chi connectivity index (χ0) is 11.1. The highest BCUT2D eigenvalue weighted by atomic mass is 15.0. The van der Waals surface area contributed by atoms with Gasteiger partial charge in [0.15, 0.2) is 0 Å². The van der Waals surface area contributed by atoms with Gasteiger partial charge in [-0.3, -0.25) is 0 Å². The second-order valence-electron chi connectivity index (χ2n) is 3.71. The maximum Gasteiger partial charge on any atom is 0.129 e. The van der Waals surface area contributed by atoms with Crippen LogP contribution in [0.4, 0.5) is 5.82 Å². The van der Waals surface area contributed by atoms with Crippen LogP contribution in [0.5, 0.6) is 0 Å². The molecular formula is C12H19N3. The molecule has 15 heavy (non-hydrogen) atoms. The van der Waals surface area contributed by atoms with E-state index in [1.165, 1.54) is 0 Å². The van der Waals surface area contributed by atoms with E-state index in [4.69, 9.17) is 0 Å². The van der Waals surface area contributed by atoms with Crippen molar-refractivity contribution < 1.29 is 0 Å². The van der Waals surface area contributed by atoms with Crippen LogP contribution in [0.3, 0.4) is 0 Å². The molecule has 1 unspecified atom stereocenters. The van der Waals surface area contributed by atoms with Crippen LogP contribution in [0.2, 0.25) is 0 Å². The molecule has 1 aromatic rings. The van der Waals surface area contributed by atoms with Gasteiger partial charge in [0.05, 0.1) is 0 Å². The third kappa shape index (κ3) is 4.11. The van der Waals surface area contributed by atoms with E-state index >= 15 is 0 Å². The number of nitrogens with zero attached hydrogens (tertiary/aromatic N) is 2. The predicted molar refractivity (Wildman–Crippen MR) is 63.9 cm³/mol. The summed E-state index contributed by atoms with van der Waals surface area (Å²) in [6.07, 6.45) is 6.58. The number of aryl methyl sites for hydroxylation is 1. The highest BCUT2D eigenvalue weighted by Gasteiger charge is 2.01. The number of aromatic nitrogens is 2. The molecule has 0 fully saturated rings. The summed E-state index contributed by atoms with van der Waals surface area (Å²) < 4.78 is 0. The molecule has 0 saturated carbocycles. The van der Waals surface area contributed by atoms with Crippen LogP contribution in [0.15, 0.2) is 25.0 Å². The summed E-state index contributed by atoms with van der Waals surface area (Å²) in [7, 11) is 0. The van der Waals surface area contributed by atoms with Crippen LogP contribution in [0, 0.1) is 0 Å². The largest absolute Gasteiger partial charge is 0.367 e. The fourth-order valence-electron chi connectivity index (χ4n) is 1.43. The second kappa shape index (κ2) is 6.17. The molecule has 82 valence electrons. The molecule has 0 amide bonds. The molecule has 0 aromatic carbocycles. The number of rotatable bonds is 6. The van der Waals surface area contributed by atoms with E-state index in [1.807, 2.05) is 12.1 Å². The van der Waals surface area contributed by atoms with Crippen molar-refractivity contribution in [3.63, 3.8) is 0 Å². The molecule has 0 radical (unpaired) electrons. The molecule has 1 atom stereocenters. The summed E-state index contributed by atoms with van der Waals surface area (Å²) in [6.45, 7) is 7.98. The predicted octanol–water partition coefficient (Wildman–Crippen LogP) is 2.81. The first-order valence-electron chi connectivity index (χ1n) is 5.44. The van der Waals surface area contributed by atoms with Crippen LogP contribution in [0.1, 0.15) is 32.4 Å². The van der Waals surface area contributed by atoms with Crippen molar-refractivity contribution in [2.45, 2.75) is 39.2 Å². The van der Waals surface area contributed by atoms with Gasteiger partial charge in [-0.2, -0.15) is 0 Å². The topological polar surface area (TPSA) is 37.8 Å². The Balaban J connectivity index is 2.60. The Labute approximate surface area is 91.7 Å². The second-order valence-corrected chi connectivity index (χ2v) is 3.71. The maximum atomic E-state index is 4.21. The van der Waals surface area contributed by atoms with Gasteiger partial charge in [-0.05, 0) is 19.8 Å². The summed E-state index contributed by atoms with van der Waals surface area (Å²) in [5.74, 6) is 0.905. The van der Waals surface area contributed by atoms with Crippen molar-refractivity contribution in [2.75, 3.05) is 5.32 Å². The average molecular weight is 205 g/mol. The van der Waals surface area contributed by atoms with Gasteiger partial charge in [-0.15, -0.1) is 6.58 Å². The lowest BCUT2D eigenvalue weighted by Crippen LogP contribution is -2.15. The molecule has 3 nitrogen and oxygen atoms in total. The molecule has 0 aliphatic carbocycles. The molecule has 1 N–H and O–H groups in total. The average Bonchev–Trinajstić information content (AvgIpc) is 2.19. The first-order chi connectivity index (χ1) is 7.26. The molecule has 0 saturated heterocycles. The Morgan fingerprint density at radius 1 is 1.53 bits per heavy atom. The maximum absolute atomic E-state index is 4.21. The molecule has 0 spiro atoms. The highest BCUT2D eigenvalue weighted by molar-refractivity contribution is 5.35. The van der Waals surface area contributed by atoms with Crippen molar-refractivity contribution in [1.82, 2.24) is 9.97 Å². The molecule has 1 rings (SSSR count). The number of nitrogens with one attached hydrogen (secondary N) is 1. The third-order valence-electron chi connectivity index (χ3n) is 2.14. The molecule has 1 heterocycles. The van der Waals surface area contributed by atoms with Crippen LogP contribution in [-0.4, -0.2) is 16.0 Å². The van der Waals surface area contributed by atoms with Gasteiger partial charge in [0, 0.05) is 17.8 Å². The van der Waals surface area contributed by atoms with Crippen molar-refractivity contribution in [1.29, 1.82) is 0 Å². The summed E-state index contributed by atoms with van der Waals surface area (Å²) in [4.78, 5) is 8.40. The van der Waals surface area contributed by atoms with Gasteiger partial charge < -0.3 is 5.32 Å². The number of hydrogen-bond acceptors (Lipinski definition) is 3. The SMILES string of the molecule is C=CCC(C)Nc1cc(CCC)ncn1. The Morgan fingerprint density at radius 2 is 2.33 bits per heavy atom. The van der Waals surface area contributed by atoms with E-state index in [2.05, 4.69) is 35.7 Å². The van der Waals surface area contributed by atoms with Crippen molar-refractivity contribution in [3.05, 3.63) is 30.7 Å². The normalized spacial score (nSPS) is 12.1. The van der Waals surface area contributed by atoms with Gasteiger partial charge in [0.2, 0.25) is 0 Å². The molecule has 0 bridgehead atoms. The highest BCUT2D eigenvalue weighted by Crippen LogP contribution is 2.08. The minimum Gasteiger partial charge on any atom is -0.367 e. The first-order valence-corrected chi connectivity index (χ1v) is 5.44. The number of hydrogen-bond donors (Lipinski definition) is 1. The van der Waals surface area contributed by atoms with Gasteiger partial charge in [-0.1, -0.05) is 19.4 Å². The van der Waals surface area contributed by atoms with Crippen molar-refractivity contribution in [2.24, 2.45) is 0 Å². The Kier molecular flexibility index (Phi) is 4.81. The van der Waals surface area contributed by atoms with Gasteiger partial charge in [0.25, 0.3) is 0 Å². The van der Waals surface area contributed by atoms with E-state index in [1.54, 1.807) is 6.33 Å². The minimum absolute atomic E-state index is 0.367. The molecule has 0 aliphatic heterocycles. The molecule has 1 aromatic heterocycles. The zero-order valence-electron chi connectivity index (χ0n) is 9.53. The van der Waals surface area contributed by atoms with E-state index in [-0.39, 0.29) is 0 Å². The lowest BCUT2D eigenvalue weighted by atomic mass is 10.2. The van der Waals surface area contributed by atoms with Crippen LogP contribution >= 0.6 is 0 Å². The first kappa shape index (κ1) is 11.7. The van der Waals surface area contributed by atoms with Crippen molar-refractivity contribution >= 4 is 5.82 Å². The van der Waals surface area contributed by atoms with Crippen LogP contribution < -0.4 is 5.32 Å². The Hall–Kier alpha value is -1.38. The summed E-state index contributed by atoms with van der Waals surface area (Å²) in [6, 6.07) is 2.38. The van der Waals surface area contributed by atoms with E-state index in [0.29, 0.717) is 6.04 Å². The molecular weight excluding hydrogens is 186 g/mol. The van der Waals surface area contributed by atoms with E-state index < -0.39 is 0 Å². The van der Waals surface area contributed by atoms with Crippen LogP contribution in [-0.2, 0) is 6.42 Å². The van der Waals surface area contributed by atoms with Crippen molar-refractivity contribution in [3.8, 4) is 0 Å². The standard InChI is InChI=1S/C12H19N3/c1-4-6-10(3)15-12-8-11(7-5-2)13-9-14-12/h4,8-10H,1,5-7H2,2-3H3,(H,13,14,15). The molecule has 3 heteroatoms. The quantitative estimate of drug-likeness (QED) is 0.726. The summed E-state index contributed by atoms with van der Waals surface area (Å²) in [5, 5.41) is 3.32. The third-order valence-corrected chi connectivity index (χ3v) is 2.14. The summed E-state index contributed by atoms with van der Waals surface area (Å²) >= 11 is 0. The summed E-state index contributed by atoms with van der Waals surface area (Å²) in [5.41, 5.74) is 1.10. The monoisotopic (exact) mass is 205 g/mol. The fourth-order valence-corrected chi connectivity index (χ4v) is 1.43.